The van der Waals surface area contributed by atoms with E-state index in [1.54, 1.807) is 7.05 Å². The first-order chi connectivity index (χ1) is 15.0. The molecule has 9 nitrogen and oxygen atoms in total. The average molecular weight is 425 g/mol. The van der Waals surface area contributed by atoms with Crippen LogP contribution in [0.5, 0.6) is 0 Å². The third kappa shape index (κ3) is 3.28. The highest BCUT2D eigenvalue weighted by atomic mass is 16.5. The molecule has 0 spiro atoms. The van der Waals surface area contributed by atoms with Gasteiger partial charge in [0.1, 0.15) is 0 Å². The number of ether oxygens (including phenoxy) is 1. The number of aryl methyl sites for hydroxylation is 3. The molecular formula is C22H28N6O3. The second kappa shape index (κ2) is 7.65. The fourth-order valence-electron chi connectivity index (χ4n) is 4.68. The molecule has 0 aliphatic carbocycles. The molecule has 1 saturated heterocycles. The molecule has 4 heterocycles. The van der Waals surface area contributed by atoms with E-state index in [4.69, 9.17) is 9.72 Å². The number of benzene rings is 1. The normalized spacial score (nSPS) is 16.9. The lowest BCUT2D eigenvalue weighted by Crippen LogP contribution is -2.44. The number of hydrogen-bond donors (Lipinski definition) is 0. The Balaban J connectivity index is 1.56. The van der Waals surface area contributed by atoms with Gasteiger partial charge >= 0.3 is 5.69 Å². The van der Waals surface area contributed by atoms with E-state index in [0.29, 0.717) is 44.0 Å². The lowest BCUT2D eigenvalue weighted by molar-refractivity contribution is 0.0361. The molecule has 0 bridgehead atoms. The van der Waals surface area contributed by atoms with Gasteiger partial charge in [-0.1, -0.05) is 17.7 Å². The summed E-state index contributed by atoms with van der Waals surface area (Å²) in [5.41, 5.74) is 3.83. The zero-order chi connectivity index (χ0) is 21.7. The van der Waals surface area contributed by atoms with E-state index in [-0.39, 0.29) is 11.2 Å². The second-order valence-corrected chi connectivity index (χ2v) is 8.43. The number of aromatic nitrogens is 4. The minimum Gasteiger partial charge on any atom is -0.379 e. The third-order valence-corrected chi connectivity index (χ3v) is 6.39. The first-order valence-corrected chi connectivity index (χ1v) is 10.8. The molecule has 0 amide bonds. The van der Waals surface area contributed by atoms with Crippen molar-refractivity contribution in [3.05, 3.63) is 50.2 Å². The molecule has 0 unspecified atom stereocenters. The molecule has 1 fully saturated rings. The highest BCUT2D eigenvalue weighted by molar-refractivity contribution is 5.78. The summed E-state index contributed by atoms with van der Waals surface area (Å²) < 4.78 is 10.2. The molecule has 9 heteroatoms. The van der Waals surface area contributed by atoms with Crippen molar-refractivity contribution in [2.24, 2.45) is 7.05 Å². The van der Waals surface area contributed by atoms with Gasteiger partial charge in [-0.25, -0.2) is 4.79 Å². The molecule has 0 N–H and O–H groups in total. The summed E-state index contributed by atoms with van der Waals surface area (Å²) in [5.74, 6) is 0.722. The van der Waals surface area contributed by atoms with Crippen LogP contribution in [0.2, 0.25) is 0 Å². The van der Waals surface area contributed by atoms with Crippen molar-refractivity contribution >= 4 is 22.8 Å². The Morgan fingerprint density at radius 1 is 1.03 bits per heavy atom. The lowest BCUT2D eigenvalue weighted by Gasteiger charge is -2.26. The number of fused-ring (bicyclic) bond motifs is 3. The molecule has 31 heavy (non-hydrogen) atoms. The Kier molecular flexibility index (Phi) is 4.94. The third-order valence-electron chi connectivity index (χ3n) is 6.39. The molecule has 164 valence electrons. The Labute approximate surface area is 180 Å². The Bertz CT molecular complexity index is 1260. The van der Waals surface area contributed by atoms with E-state index < -0.39 is 0 Å². The van der Waals surface area contributed by atoms with E-state index in [0.717, 1.165) is 36.8 Å². The maximum Gasteiger partial charge on any atom is 0.332 e. The second-order valence-electron chi connectivity index (χ2n) is 8.43. The molecule has 3 aromatic rings. The van der Waals surface area contributed by atoms with Crippen LogP contribution in [-0.4, -0.2) is 63.0 Å². The average Bonchev–Trinajstić information content (AvgIpc) is 3.33. The molecule has 1 aromatic carbocycles. The van der Waals surface area contributed by atoms with Gasteiger partial charge in [0.05, 0.1) is 13.2 Å². The number of nitrogens with zero attached hydrogens (tertiary/aromatic N) is 6. The largest absolute Gasteiger partial charge is 0.379 e. The van der Waals surface area contributed by atoms with Gasteiger partial charge in [0.25, 0.3) is 5.56 Å². The van der Waals surface area contributed by atoms with Crippen LogP contribution in [-0.2, 0) is 24.9 Å². The van der Waals surface area contributed by atoms with Gasteiger partial charge in [0.15, 0.2) is 11.2 Å². The van der Waals surface area contributed by atoms with Crippen LogP contribution in [0.1, 0.15) is 11.1 Å². The summed E-state index contributed by atoms with van der Waals surface area (Å²) in [6.45, 7) is 9.62. The molecule has 2 aromatic heterocycles. The zero-order valence-electron chi connectivity index (χ0n) is 18.3. The van der Waals surface area contributed by atoms with Gasteiger partial charge in [0, 0.05) is 52.0 Å². The smallest absolute Gasteiger partial charge is 0.332 e. The summed E-state index contributed by atoms with van der Waals surface area (Å²) in [7, 11) is 1.69. The van der Waals surface area contributed by atoms with Gasteiger partial charge in [0.2, 0.25) is 5.95 Å². The lowest BCUT2D eigenvalue weighted by atomic mass is 10.1. The van der Waals surface area contributed by atoms with E-state index in [1.807, 2.05) is 4.57 Å². The van der Waals surface area contributed by atoms with Crippen LogP contribution in [0, 0.1) is 13.8 Å². The summed E-state index contributed by atoms with van der Waals surface area (Å²) in [4.78, 5) is 35.4. The van der Waals surface area contributed by atoms with E-state index in [9.17, 15) is 9.59 Å². The van der Waals surface area contributed by atoms with Gasteiger partial charge in [-0.15, -0.1) is 0 Å². The fraction of sp³-hybridized carbons (Fsp3) is 0.500. The van der Waals surface area contributed by atoms with E-state index in [1.165, 1.54) is 14.7 Å². The number of morpholine rings is 1. The first kappa shape index (κ1) is 20.0. The molecule has 2 aliphatic rings. The monoisotopic (exact) mass is 424 g/mol. The number of hydrogen-bond acceptors (Lipinski definition) is 6. The quantitative estimate of drug-likeness (QED) is 0.622. The molecular weight excluding hydrogens is 396 g/mol. The van der Waals surface area contributed by atoms with Gasteiger partial charge in [-0.3, -0.25) is 18.8 Å². The molecule has 0 atom stereocenters. The maximum atomic E-state index is 13.4. The summed E-state index contributed by atoms with van der Waals surface area (Å²) in [6, 6.07) is 6.33. The highest BCUT2D eigenvalue weighted by Gasteiger charge is 2.29. The van der Waals surface area contributed by atoms with Crippen molar-refractivity contribution in [3.63, 3.8) is 0 Å². The van der Waals surface area contributed by atoms with Crippen LogP contribution in [0.4, 0.5) is 11.6 Å². The van der Waals surface area contributed by atoms with Crippen LogP contribution < -0.4 is 16.1 Å². The van der Waals surface area contributed by atoms with Gasteiger partial charge < -0.3 is 14.2 Å². The van der Waals surface area contributed by atoms with E-state index >= 15 is 0 Å². The van der Waals surface area contributed by atoms with Crippen molar-refractivity contribution in [1.29, 1.82) is 0 Å². The van der Waals surface area contributed by atoms with Gasteiger partial charge in [-0.05, 0) is 25.5 Å². The zero-order valence-corrected chi connectivity index (χ0v) is 18.3. The summed E-state index contributed by atoms with van der Waals surface area (Å²) in [5, 5.41) is 0. The first-order valence-electron chi connectivity index (χ1n) is 10.8. The fourth-order valence-corrected chi connectivity index (χ4v) is 4.68. The molecule has 0 radical (unpaired) electrons. The number of anilines is 2. The Morgan fingerprint density at radius 2 is 1.81 bits per heavy atom. The minimum absolute atomic E-state index is 0.257. The van der Waals surface area contributed by atoms with Crippen LogP contribution in [0.15, 0.2) is 27.8 Å². The summed E-state index contributed by atoms with van der Waals surface area (Å²) in [6.07, 6.45) is 0. The van der Waals surface area contributed by atoms with Crippen molar-refractivity contribution in [2.75, 3.05) is 44.3 Å². The Hall–Kier alpha value is -2.91. The van der Waals surface area contributed by atoms with Crippen LogP contribution >= 0.6 is 0 Å². The van der Waals surface area contributed by atoms with Crippen molar-refractivity contribution < 1.29 is 4.74 Å². The van der Waals surface area contributed by atoms with Crippen molar-refractivity contribution in [3.8, 4) is 0 Å². The SMILES string of the molecule is Cc1ccc(N2CCn3c2nc2c3c(=O)n(CCN3CCOCC3)c(=O)n2C)c(C)c1. The molecule has 5 rings (SSSR count). The summed E-state index contributed by atoms with van der Waals surface area (Å²) >= 11 is 0. The topological polar surface area (TPSA) is 77.5 Å². The predicted octanol–water partition coefficient (Wildman–Crippen LogP) is 0.997. The van der Waals surface area contributed by atoms with E-state index in [2.05, 4.69) is 41.8 Å². The number of rotatable bonds is 4. The predicted molar refractivity (Wildman–Crippen MR) is 119 cm³/mol. The van der Waals surface area contributed by atoms with Crippen LogP contribution in [0.3, 0.4) is 0 Å². The minimum atomic E-state index is -0.319. The van der Waals surface area contributed by atoms with Crippen LogP contribution in [0.25, 0.3) is 11.2 Å². The molecule has 0 saturated carbocycles. The maximum absolute atomic E-state index is 13.4. The van der Waals surface area contributed by atoms with Crippen molar-refractivity contribution in [2.45, 2.75) is 26.9 Å². The highest BCUT2D eigenvalue weighted by Crippen LogP contribution is 2.33. The standard InChI is InChI=1S/C22H28N6O3/c1-15-4-5-17(16(2)14-15)26-8-9-27-18-19(23-21(26)27)24(3)22(30)28(20(18)29)7-6-25-10-12-31-13-11-25/h4-5,14H,6-13H2,1-3H3. The van der Waals surface area contributed by atoms with Crippen molar-refractivity contribution in [1.82, 2.24) is 23.6 Å². The Morgan fingerprint density at radius 3 is 2.55 bits per heavy atom. The molecule has 2 aliphatic heterocycles. The van der Waals surface area contributed by atoms with Gasteiger partial charge in [-0.2, -0.15) is 4.98 Å². The number of imidazole rings is 1.